The Hall–Kier alpha value is -0.410. The van der Waals surface area contributed by atoms with E-state index in [1.54, 1.807) is 0 Å². The molecule has 0 spiro atoms. The van der Waals surface area contributed by atoms with Crippen molar-refractivity contribution in [2.45, 2.75) is 35.1 Å². The first-order valence-electron chi connectivity index (χ1n) is 4.76. The highest BCUT2D eigenvalue weighted by atomic mass is 79.9. The molecular weight excluding hydrogens is 286 g/mol. The number of fused-ring (bicyclic) bond motifs is 2. The zero-order valence-corrected chi connectivity index (χ0v) is 9.79. The first kappa shape index (κ1) is 12.1. The molecule has 1 amide bonds. The number of hydroxylamine groups is 2. The third-order valence-corrected chi connectivity index (χ3v) is 4.74. The lowest BCUT2D eigenvalue weighted by Crippen LogP contribution is -2.77. The van der Waals surface area contributed by atoms with E-state index < -0.39 is 35.0 Å². The van der Waals surface area contributed by atoms with Gasteiger partial charge in [-0.25, -0.2) is 4.79 Å². The molecule has 0 aromatic rings. The summed E-state index contributed by atoms with van der Waals surface area (Å²) in [6.07, 6.45) is -2.20. The summed E-state index contributed by atoms with van der Waals surface area (Å²) in [5, 5.41) is 38.5. The number of hydrogen-bond donors (Lipinski definition) is 4. The Labute approximate surface area is 99.3 Å². The summed E-state index contributed by atoms with van der Waals surface area (Å²) in [6, 6.07) is 0. The van der Waals surface area contributed by atoms with E-state index in [2.05, 4.69) is 15.9 Å². The number of aliphatic hydroxyl groups excluding tert-OH is 2. The molecule has 4 unspecified atom stereocenters. The highest BCUT2D eigenvalue weighted by molar-refractivity contribution is 9.09. The second-order valence-corrected chi connectivity index (χ2v) is 5.02. The molecule has 8 heteroatoms. The minimum absolute atomic E-state index is 0.0375. The standard InChI is InChI=1S/C8H12BrNO6/c9-5-7(3-11)2-1-4(12)8(5,14)10(15)6(13)16-7/h4-5,11-12,14-15H,1-3H2. The zero-order chi connectivity index (χ0) is 12.1. The number of ether oxygens (including phenoxy) is 1. The van der Waals surface area contributed by atoms with Gasteiger partial charge in [0.2, 0.25) is 5.72 Å². The van der Waals surface area contributed by atoms with Crippen molar-refractivity contribution in [3.63, 3.8) is 0 Å². The lowest BCUT2D eigenvalue weighted by molar-refractivity contribution is -0.330. The van der Waals surface area contributed by atoms with E-state index in [1.165, 1.54) is 0 Å². The molecule has 2 fully saturated rings. The summed E-state index contributed by atoms with van der Waals surface area (Å²) >= 11 is 3.06. The maximum atomic E-state index is 11.3. The fourth-order valence-electron chi connectivity index (χ4n) is 2.18. The molecule has 2 rings (SSSR count). The van der Waals surface area contributed by atoms with Crippen molar-refractivity contribution in [2.24, 2.45) is 0 Å². The van der Waals surface area contributed by atoms with Crippen LogP contribution in [-0.4, -0.2) is 60.5 Å². The Morgan fingerprint density at radius 1 is 1.62 bits per heavy atom. The average molecular weight is 298 g/mol. The van der Waals surface area contributed by atoms with E-state index in [-0.39, 0.29) is 17.9 Å². The number of alkyl halides is 1. The van der Waals surface area contributed by atoms with Gasteiger partial charge >= 0.3 is 6.09 Å². The monoisotopic (exact) mass is 297 g/mol. The Kier molecular flexibility index (Phi) is 2.67. The fourth-order valence-corrected chi connectivity index (χ4v) is 3.15. The Morgan fingerprint density at radius 2 is 2.25 bits per heavy atom. The minimum Gasteiger partial charge on any atom is -0.437 e. The molecule has 7 nitrogen and oxygen atoms in total. The summed E-state index contributed by atoms with van der Waals surface area (Å²) in [5.41, 5.74) is -3.50. The quantitative estimate of drug-likeness (QED) is 0.371. The van der Waals surface area contributed by atoms with Crippen molar-refractivity contribution >= 4 is 22.0 Å². The van der Waals surface area contributed by atoms with Gasteiger partial charge in [0.15, 0.2) is 5.60 Å². The van der Waals surface area contributed by atoms with Crippen LogP contribution in [0.3, 0.4) is 0 Å². The highest BCUT2D eigenvalue weighted by Crippen LogP contribution is 2.47. The van der Waals surface area contributed by atoms with Crippen LogP contribution < -0.4 is 0 Å². The van der Waals surface area contributed by atoms with Crippen molar-refractivity contribution in [3.05, 3.63) is 0 Å². The zero-order valence-electron chi connectivity index (χ0n) is 8.21. The molecule has 1 saturated carbocycles. The van der Waals surface area contributed by atoms with Gasteiger partial charge in [-0.15, -0.1) is 0 Å². The van der Waals surface area contributed by atoms with E-state index in [0.29, 0.717) is 0 Å². The van der Waals surface area contributed by atoms with E-state index in [0.717, 1.165) is 0 Å². The Morgan fingerprint density at radius 3 is 2.81 bits per heavy atom. The van der Waals surface area contributed by atoms with Crippen LogP contribution in [0.15, 0.2) is 0 Å². The van der Waals surface area contributed by atoms with Crippen molar-refractivity contribution in [1.82, 2.24) is 5.06 Å². The SMILES string of the molecule is O=C1OC2(CO)CCC(O)C(O)(C2Br)N1O. The summed E-state index contributed by atoms with van der Waals surface area (Å²) in [7, 11) is 0. The molecule has 0 aromatic heterocycles. The third kappa shape index (κ3) is 1.25. The van der Waals surface area contributed by atoms with Gasteiger partial charge in [-0.1, -0.05) is 15.9 Å². The van der Waals surface area contributed by atoms with Crippen LogP contribution in [0.1, 0.15) is 12.8 Å². The predicted molar refractivity (Wildman–Crippen MR) is 52.8 cm³/mol. The van der Waals surface area contributed by atoms with E-state index in [4.69, 9.17) is 4.74 Å². The first-order valence-corrected chi connectivity index (χ1v) is 5.67. The number of carbonyl (C=O) groups is 1. The largest absolute Gasteiger partial charge is 0.437 e. The molecular formula is C8H12BrNO6. The second-order valence-electron chi connectivity index (χ2n) is 4.10. The van der Waals surface area contributed by atoms with Gasteiger partial charge < -0.3 is 20.1 Å². The smallest absolute Gasteiger partial charge is 0.437 e. The number of nitrogens with zero attached hydrogens (tertiary/aromatic N) is 1. The van der Waals surface area contributed by atoms with Gasteiger partial charge in [0.1, 0.15) is 10.9 Å². The van der Waals surface area contributed by atoms with Crippen molar-refractivity contribution in [2.75, 3.05) is 6.61 Å². The summed E-state index contributed by atoms with van der Waals surface area (Å²) in [4.78, 5) is 10.3. The number of hydrogen-bond acceptors (Lipinski definition) is 6. The fraction of sp³-hybridized carbons (Fsp3) is 0.875. The molecule has 4 N–H and O–H groups in total. The number of aliphatic hydroxyl groups is 3. The number of halogens is 1. The molecule has 1 heterocycles. The van der Waals surface area contributed by atoms with Crippen molar-refractivity contribution in [3.8, 4) is 0 Å². The Bertz CT molecular complexity index is 328. The molecule has 1 aliphatic heterocycles. The minimum atomic E-state index is -2.18. The van der Waals surface area contributed by atoms with Crippen molar-refractivity contribution in [1.29, 1.82) is 0 Å². The summed E-state index contributed by atoms with van der Waals surface area (Å²) < 4.78 is 4.90. The van der Waals surface area contributed by atoms with Crippen LogP contribution in [0, 0.1) is 0 Å². The molecule has 2 bridgehead atoms. The molecule has 0 radical (unpaired) electrons. The molecule has 0 aromatic carbocycles. The van der Waals surface area contributed by atoms with Crippen LogP contribution in [0.4, 0.5) is 4.79 Å². The van der Waals surface area contributed by atoms with Crippen LogP contribution in [0.2, 0.25) is 0 Å². The number of carbonyl (C=O) groups excluding carboxylic acids is 1. The maximum absolute atomic E-state index is 11.3. The van der Waals surface area contributed by atoms with E-state index >= 15 is 0 Å². The van der Waals surface area contributed by atoms with Gasteiger partial charge in [0, 0.05) is 0 Å². The molecule has 92 valence electrons. The van der Waals surface area contributed by atoms with Gasteiger partial charge in [-0.3, -0.25) is 5.21 Å². The van der Waals surface area contributed by atoms with Crippen LogP contribution in [-0.2, 0) is 4.74 Å². The van der Waals surface area contributed by atoms with Crippen LogP contribution in [0.25, 0.3) is 0 Å². The van der Waals surface area contributed by atoms with Crippen LogP contribution >= 0.6 is 15.9 Å². The van der Waals surface area contributed by atoms with E-state index in [1.807, 2.05) is 0 Å². The highest BCUT2D eigenvalue weighted by Gasteiger charge is 2.67. The maximum Gasteiger partial charge on any atom is 0.437 e. The van der Waals surface area contributed by atoms with Gasteiger partial charge in [0.05, 0.1) is 6.61 Å². The van der Waals surface area contributed by atoms with Gasteiger partial charge in [-0.2, -0.15) is 5.06 Å². The molecule has 4 atom stereocenters. The van der Waals surface area contributed by atoms with Crippen LogP contribution in [0.5, 0.6) is 0 Å². The second kappa shape index (κ2) is 3.54. The summed E-state index contributed by atoms with van der Waals surface area (Å²) in [6.45, 7) is -0.502. The van der Waals surface area contributed by atoms with Crippen molar-refractivity contribution < 1.29 is 30.1 Å². The molecule has 1 aliphatic carbocycles. The lowest BCUT2D eigenvalue weighted by Gasteiger charge is -2.55. The average Bonchev–Trinajstić information content (AvgIpc) is 2.27. The Balaban J connectivity index is 2.47. The normalized spacial score (nSPS) is 47.8. The van der Waals surface area contributed by atoms with E-state index in [9.17, 15) is 25.3 Å². The van der Waals surface area contributed by atoms with Gasteiger partial charge in [-0.05, 0) is 12.8 Å². The molecule has 2 aliphatic rings. The molecule has 1 saturated heterocycles. The lowest BCUT2D eigenvalue weighted by atomic mass is 9.76. The summed E-state index contributed by atoms with van der Waals surface area (Å²) in [5.74, 6) is 0. The van der Waals surface area contributed by atoms with Gasteiger partial charge in [0.25, 0.3) is 0 Å². The third-order valence-electron chi connectivity index (χ3n) is 3.24. The first-order chi connectivity index (χ1) is 7.38. The topological polar surface area (TPSA) is 110 Å². The molecule has 16 heavy (non-hydrogen) atoms. The number of amides is 1. The number of rotatable bonds is 1. The predicted octanol–water partition coefficient (Wildman–Crippen LogP) is -0.834.